The fourth-order valence-electron chi connectivity index (χ4n) is 2.59. The number of carbonyl (C=O) groups is 1. The van der Waals surface area contributed by atoms with Crippen molar-refractivity contribution in [3.63, 3.8) is 0 Å². The first-order valence-corrected chi connectivity index (χ1v) is 9.04. The molecule has 3 aromatic rings. The van der Waals surface area contributed by atoms with Gasteiger partial charge in [0.1, 0.15) is 0 Å². The van der Waals surface area contributed by atoms with Crippen molar-refractivity contribution in [2.75, 3.05) is 12.4 Å². The van der Waals surface area contributed by atoms with E-state index in [1.54, 1.807) is 0 Å². The lowest BCUT2D eigenvalue weighted by atomic mass is 10.1. The molecule has 0 spiro atoms. The normalized spacial score (nSPS) is 10.9. The van der Waals surface area contributed by atoms with Crippen LogP contribution in [0.15, 0.2) is 59.8 Å². The molecule has 0 bridgehead atoms. The minimum atomic E-state index is -0.204. The molecule has 2 aromatic carbocycles. The van der Waals surface area contributed by atoms with E-state index >= 15 is 0 Å². The first-order valence-electron chi connectivity index (χ1n) is 8.05. The molecular formula is C19H20N2O2S. The number of thioether (sulfide) groups is 1. The summed E-state index contributed by atoms with van der Waals surface area (Å²) in [6.07, 6.45) is 0.925. The Labute approximate surface area is 145 Å². The van der Waals surface area contributed by atoms with Crippen LogP contribution in [0.1, 0.15) is 12.5 Å². The van der Waals surface area contributed by atoms with Crippen LogP contribution in [-0.4, -0.2) is 27.9 Å². The summed E-state index contributed by atoms with van der Waals surface area (Å²) in [5, 5.41) is 0.861. The number of aromatic nitrogens is 2. The molecule has 5 heteroatoms. The van der Waals surface area contributed by atoms with Crippen molar-refractivity contribution in [1.29, 1.82) is 0 Å². The smallest absolute Gasteiger partial charge is 0.316 e. The highest BCUT2D eigenvalue weighted by Crippen LogP contribution is 2.24. The van der Waals surface area contributed by atoms with Crippen molar-refractivity contribution < 1.29 is 9.53 Å². The Kier molecular flexibility index (Phi) is 5.54. The van der Waals surface area contributed by atoms with Gasteiger partial charge < -0.3 is 9.30 Å². The van der Waals surface area contributed by atoms with Crippen molar-refractivity contribution in [3.8, 4) is 0 Å². The van der Waals surface area contributed by atoms with Crippen molar-refractivity contribution >= 4 is 28.8 Å². The summed E-state index contributed by atoms with van der Waals surface area (Å²) in [5.41, 5.74) is 3.34. The van der Waals surface area contributed by atoms with Crippen LogP contribution in [0.4, 0.5) is 0 Å². The zero-order chi connectivity index (χ0) is 16.8. The zero-order valence-corrected chi connectivity index (χ0v) is 14.5. The number of rotatable bonds is 7. The highest BCUT2D eigenvalue weighted by molar-refractivity contribution is 7.99. The summed E-state index contributed by atoms with van der Waals surface area (Å²) in [5.74, 6) is 0.0758. The second-order valence-electron chi connectivity index (χ2n) is 5.36. The number of ether oxygens (including phenoxy) is 1. The number of nitrogens with zero attached hydrogens (tertiary/aromatic N) is 2. The lowest BCUT2D eigenvalue weighted by Gasteiger charge is -2.09. The van der Waals surface area contributed by atoms with Crippen LogP contribution in [-0.2, 0) is 22.5 Å². The molecule has 0 N–H and O–H groups in total. The third kappa shape index (κ3) is 3.97. The van der Waals surface area contributed by atoms with E-state index in [1.165, 1.54) is 17.3 Å². The van der Waals surface area contributed by atoms with Gasteiger partial charge in [-0.05, 0) is 31.0 Å². The number of aryl methyl sites for hydroxylation is 2. The summed E-state index contributed by atoms with van der Waals surface area (Å²) in [4.78, 5) is 16.3. The zero-order valence-electron chi connectivity index (χ0n) is 13.6. The summed E-state index contributed by atoms with van der Waals surface area (Å²) >= 11 is 1.43. The monoisotopic (exact) mass is 340 g/mol. The van der Waals surface area contributed by atoms with Crippen LogP contribution < -0.4 is 0 Å². The van der Waals surface area contributed by atoms with Crippen LogP contribution in [0.5, 0.6) is 0 Å². The number of para-hydroxylation sites is 2. The third-order valence-electron chi connectivity index (χ3n) is 3.71. The van der Waals surface area contributed by atoms with Gasteiger partial charge in [0, 0.05) is 6.54 Å². The number of hydrogen-bond acceptors (Lipinski definition) is 4. The Hall–Kier alpha value is -2.27. The van der Waals surface area contributed by atoms with Crippen molar-refractivity contribution in [1.82, 2.24) is 9.55 Å². The number of hydrogen-bond donors (Lipinski definition) is 0. The predicted octanol–water partition coefficient (Wildman–Crippen LogP) is 3.93. The highest BCUT2D eigenvalue weighted by atomic mass is 32.2. The van der Waals surface area contributed by atoms with Crippen LogP contribution in [0.3, 0.4) is 0 Å². The van der Waals surface area contributed by atoms with Crippen LogP contribution in [0.25, 0.3) is 11.0 Å². The number of imidazole rings is 1. The average Bonchev–Trinajstić information content (AvgIpc) is 2.97. The van der Waals surface area contributed by atoms with Gasteiger partial charge in [0.2, 0.25) is 0 Å². The summed E-state index contributed by atoms with van der Waals surface area (Å²) in [6.45, 7) is 3.05. The maximum atomic E-state index is 11.6. The van der Waals surface area contributed by atoms with E-state index < -0.39 is 0 Å². The van der Waals surface area contributed by atoms with Gasteiger partial charge in [-0.3, -0.25) is 4.79 Å². The van der Waals surface area contributed by atoms with E-state index in [2.05, 4.69) is 39.9 Å². The molecule has 0 aliphatic heterocycles. The summed E-state index contributed by atoms with van der Waals surface area (Å²) < 4.78 is 7.20. The average molecular weight is 340 g/mol. The van der Waals surface area contributed by atoms with Crippen LogP contribution in [0.2, 0.25) is 0 Å². The Morgan fingerprint density at radius 1 is 1.12 bits per heavy atom. The molecule has 0 unspecified atom stereocenters. The van der Waals surface area contributed by atoms with Gasteiger partial charge >= 0.3 is 5.97 Å². The Morgan fingerprint density at radius 2 is 1.88 bits per heavy atom. The van der Waals surface area contributed by atoms with Crippen molar-refractivity contribution in [2.24, 2.45) is 0 Å². The molecule has 3 rings (SSSR count). The van der Waals surface area contributed by atoms with Gasteiger partial charge in [-0.1, -0.05) is 54.2 Å². The number of esters is 1. The molecule has 0 aliphatic carbocycles. The molecule has 4 nitrogen and oxygen atoms in total. The van der Waals surface area contributed by atoms with Gasteiger partial charge in [0.25, 0.3) is 0 Å². The van der Waals surface area contributed by atoms with Gasteiger partial charge in [-0.2, -0.15) is 0 Å². The molecule has 1 heterocycles. The van der Waals surface area contributed by atoms with Crippen molar-refractivity contribution in [3.05, 3.63) is 60.2 Å². The van der Waals surface area contributed by atoms with Crippen LogP contribution >= 0.6 is 11.8 Å². The third-order valence-corrected chi connectivity index (χ3v) is 4.66. The molecule has 0 saturated heterocycles. The Morgan fingerprint density at radius 3 is 2.67 bits per heavy atom. The minimum absolute atomic E-state index is 0.204. The van der Waals surface area contributed by atoms with Crippen LogP contribution in [0, 0.1) is 0 Å². The first kappa shape index (κ1) is 16.6. The minimum Gasteiger partial charge on any atom is -0.465 e. The summed E-state index contributed by atoms with van der Waals surface area (Å²) in [6, 6.07) is 18.5. The summed E-state index contributed by atoms with van der Waals surface area (Å²) in [7, 11) is 0. The van der Waals surface area contributed by atoms with Gasteiger partial charge in [0.05, 0.1) is 23.4 Å². The number of carbonyl (C=O) groups excluding carboxylic acids is 1. The maximum absolute atomic E-state index is 11.6. The highest BCUT2D eigenvalue weighted by Gasteiger charge is 2.13. The molecule has 0 radical (unpaired) electrons. The molecule has 1 aromatic heterocycles. The maximum Gasteiger partial charge on any atom is 0.316 e. The lowest BCUT2D eigenvalue weighted by Crippen LogP contribution is -2.08. The van der Waals surface area contributed by atoms with E-state index in [9.17, 15) is 4.79 Å². The molecule has 0 amide bonds. The molecule has 0 fully saturated rings. The second-order valence-corrected chi connectivity index (χ2v) is 6.31. The SMILES string of the molecule is CCOC(=O)CSc1nc2ccccc2n1CCc1ccccc1. The van der Waals surface area contributed by atoms with E-state index in [0.717, 1.165) is 29.2 Å². The first-order chi connectivity index (χ1) is 11.8. The van der Waals surface area contributed by atoms with Gasteiger partial charge in [-0.15, -0.1) is 0 Å². The number of benzene rings is 2. The molecule has 0 atom stereocenters. The van der Waals surface area contributed by atoms with Gasteiger partial charge in [0.15, 0.2) is 5.16 Å². The Bertz CT molecular complexity index is 815. The largest absolute Gasteiger partial charge is 0.465 e. The molecule has 24 heavy (non-hydrogen) atoms. The van der Waals surface area contributed by atoms with Crippen molar-refractivity contribution in [2.45, 2.75) is 25.0 Å². The van der Waals surface area contributed by atoms with Gasteiger partial charge in [-0.25, -0.2) is 4.98 Å². The predicted molar refractivity (Wildman–Crippen MR) is 97.2 cm³/mol. The molecule has 124 valence electrons. The molecular weight excluding hydrogens is 320 g/mol. The molecule has 0 saturated carbocycles. The van der Waals surface area contributed by atoms with E-state index in [1.807, 2.05) is 31.2 Å². The van der Waals surface area contributed by atoms with E-state index in [4.69, 9.17) is 4.74 Å². The number of fused-ring (bicyclic) bond motifs is 1. The second kappa shape index (κ2) is 8.02. The fraction of sp³-hybridized carbons (Fsp3) is 0.263. The van der Waals surface area contributed by atoms with E-state index in [-0.39, 0.29) is 11.7 Å². The quantitative estimate of drug-likeness (QED) is 0.483. The molecule has 0 aliphatic rings. The van der Waals surface area contributed by atoms with E-state index in [0.29, 0.717) is 6.61 Å². The fourth-order valence-corrected chi connectivity index (χ4v) is 3.43. The standard InChI is InChI=1S/C19H20N2O2S/c1-2-23-18(22)14-24-19-20-16-10-6-7-11-17(16)21(19)13-12-15-8-4-3-5-9-15/h3-11H,2,12-14H2,1H3. The topological polar surface area (TPSA) is 44.1 Å². The Balaban J connectivity index is 1.80. The lowest BCUT2D eigenvalue weighted by molar-refractivity contribution is -0.139.